The number of aromatic nitrogens is 4. The van der Waals surface area contributed by atoms with Gasteiger partial charge in [-0.2, -0.15) is 4.68 Å². The first-order chi connectivity index (χ1) is 12.1. The number of para-hydroxylation sites is 1. The number of benzene rings is 2. The van der Waals surface area contributed by atoms with Gasteiger partial charge in [0, 0.05) is 17.9 Å². The third kappa shape index (κ3) is 4.42. The van der Waals surface area contributed by atoms with Gasteiger partial charge < -0.3 is 5.32 Å². The molecule has 0 fully saturated rings. The summed E-state index contributed by atoms with van der Waals surface area (Å²) in [7, 11) is 0. The fraction of sp³-hybridized carbons (Fsp3) is 0.176. The number of tetrazole rings is 1. The summed E-state index contributed by atoms with van der Waals surface area (Å²) in [6.45, 7) is 1.99. The maximum absolute atomic E-state index is 12.9. The predicted molar refractivity (Wildman–Crippen MR) is 94.3 cm³/mol. The van der Waals surface area contributed by atoms with Crippen molar-refractivity contribution in [3.05, 3.63) is 59.9 Å². The van der Waals surface area contributed by atoms with Crippen LogP contribution in [0.2, 0.25) is 0 Å². The molecule has 6 nitrogen and oxygen atoms in total. The van der Waals surface area contributed by atoms with Gasteiger partial charge >= 0.3 is 0 Å². The molecule has 3 rings (SSSR count). The Morgan fingerprint density at radius 3 is 2.72 bits per heavy atom. The molecule has 0 unspecified atom stereocenters. The van der Waals surface area contributed by atoms with Crippen LogP contribution in [0, 0.1) is 12.7 Å². The topological polar surface area (TPSA) is 72.7 Å². The molecule has 8 heteroatoms. The first-order valence-electron chi connectivity index (χ1n) is 7.66. The molecule has 1 heterocycles. The molecule has 1 aromatic heterocycles. The fourth-order valence-electron chi connectivity index (χ4n) is 2.21. The molecule has 2 aromatic carbocycles. The first kappa shape index (κ1) is 17.1. The summed E-state index contributed by atoms with van der Waals surface area (Å²) in [4.78, 5) is 12.0. The summed E-state index contributed by atoms with van der Waals surface area (Å²) < 4.78 is 14.5. The lowest BCUT2D eigenvalue weighted by molar-refractivity contribution is -0.115. The molecule has 0 atom stereocenters. The number of rotatable bonds is 6. The zero-order chi connectivity index (χ0) is 17.6. The molecule has 128 valence electrons. The van der Waals surface area contributed by atoms with Crippen LogP contribution in [0.15, 0.2) is 53.7 Å². The Balaban J connectivity index is 1.56. The summed E-state index contributed by atoms with van der Waals surface area (Å²) in [6, 6.07) is 13.5. The van der Waals surface area contributed by atoms with Crippen LogP contribution >= 0.6 is 11.8 Å². The highest BCUT2D eigenvalue weighted by Gasteiger charge is 2.11. The van der Waals surface area contributed by atoms with Gasteiger partial charge in [-0.25, -0.2) is 4.39 Å². The summed E-state index contributed by atoms with van der Waals surface area (Å²) in [5, 5.41) is 15.1. The number of carbonyl (C=O) groups excluding carboxylic acids is 1. The van der Waals surface area contributed by atoms with Crippen LogP contribution in [0.4, 0.5) is 10.1 Å². The zero-order valence-corrected chi connectivity index (χ0v) is 14.3. The lowest BCUT2D eigenvalue weighted by Gasteiger charge is -2.07. The molecule has 25 heavy (non-hydrogen) atoms. The monoisotopic (exact) mass is 357 g/mol. The first-order valence-corrected chi connectivity index (χ1v) is 8.64. The van der Waals surface area contributed by atoms with Crippen molar-refractivity contribution in [2.45, 2.75) is 18.5 Å². The Morgan fingerprint density at radius 1 is 1.20 bits per heavy atom. The molecule has 3 aromatic rings. The minimum atomic E-state index is -0.336. The Bertz CT molecular complexity index is 865. The minimum absolute atomic E-state index is 0.144. The largest absolute Gasteiger partial charge is 0.326 e. The van der Waals surface area contributed by atoms with Crippen molar-refractivity contribution in [2.75, 3.05) is 11.1 Å². The number of anilines is 1. The van der Waals surface area contributed by atoms with Gasteiger partial charge in [0.05, 0.1) is 5.69 Å². The van der Waals surface area contributed by atoms with E-state index in [1.54, 1.807) is 4.68 Å². The number of hydrogen-bond donors (Lipinski definition) is 1. The van der Waals surface area contributed by atoms with E-state index in [1.165, 1.54) is 36.0 Å². The van der Waals surface area contributed by atoms with Crippen molar-refractivity contribution in [1.82, 2.24) is 20.2 Å². The SMILES string of the molecule is Cc1ccccc1-n1nnnc1SCCC(=O)Nc1ccc(F)cc1. The molecule has 0 bridgehead atoms. The molecule has 0 radical (unpaired) electrons. The van der Waals surface area contributed by atoms with Crippen molar-refractivity contribution in [2.24, 2.45) is 0 Å². The van der Waals surface area contributed by atoms with Gasteiger partial charge in [-0.3, -0.25) is 4.79 Å². The van der Waals surface area contributed by atoms with Crippen molar-refractivity contribution < 1.29 is 9.18 Å². The van der Waals surface area contributed by atoms with Crippen LogP contribution in [-0.4, -0.2) is 31.9 Å². The van der Waals surface area contributed by atoms with E-state index in [4.69, 9.17) is 0 Å². The highest BCUT2D eigenvalue weighted by atomic mass is 32.2. The molecule has 1 N–H and O–H groups in total. The van der Waals surface area contributed by atoms with Gasteiger partial charge in [0.2, 0.25) is 11.1 Å². The average molecular weight is 357 g/mol. The highest BCUT2D eigenvalue weighted by molar-refractivity contribution is 7.99. The number of amides is 1. The number of nitrogens with one attached hydrogen (secondary N) is 1. The number of thioether (sulfide) groups is 1. The lowest BCUT2D eigenvalue weighted by atomic mass is 10.2. The molecule has 0 aliphatic carbocycles. The minimum Gasteiger partial charge on any atom is -0.326 e. The van der Waals surface area contributed by atoms with E-state index < -0.39 is 0 Å². The number of hydrogen-bond acceptors (Lipinski definition) is 5. The van der Waals surface area contributed by atoms with Crippen LogP contribution in [0.1, 0.15) is 12.0 Å². The van der Waals surface area contributed by atoms with E-state index in [-0.39, 0.29) is 11.7 Å². The van der Waals surface area contributed by atoms with E-state index in [9.17, 15) is 9.18 Å². The molecule has 0 spiro atoms. The van der Waals surface area contributed by atoms with E-state index in [2.05, 4.69) is 20.8 Å². The second-order valence-corrected chi connectivity index (χ2v) is 6.38. The zero-order valence-electron chi connectivity index (χ0n) is 13.5. The van der Waals surface area contributed by atoms with Gasteiger partial charge in [-0.1, -0.05) is 30.0 Å². The number of halogens is 1. The summed E-state index contributed by atoms with van der Waals surface area (Å²) in [6.07, 6.45) is 0.294. The third-order valence-electron chi connectivity index (χ3n) is 3.47. The molecule has 0 aliphatic heterocycles. The van der Waals surface area contributed by atoms with Crippen molar-refractivity contribution in [3.8, 4) is 5.69 Å². The van der Waals surface area contributed by atoms with Crippen LogP contribution in [0.3, 0.4) is 0 Å². The maximum Gasteiger partial charge on any atom is 0.225 e. The quantitative estimate of drug-likeness (QED) is 0.686. The van der Waals surface area contributed by atoms with E-state index in [1.807, 2.05) is 31.2 Å². The van der Waals surface area contributed by atoms with Gasteiger partial charge in [0.15, 0.2) is 0 Å². The Morgan fingerprint density at radius 2 is 1.96 bits per heavy atom. The molecule has 1 amide bonds. The molecule has 0 saturated carbocycles. The molecule has 0 saturated heterocycles. The standard InChI is InChI=1S/C17H16FN5OS/c1-12-4-2-3-5-15(12)23-17(20-21-22-23)25-11-10-16(24)19-14-8-6-13(18)7-9-14/h2-9H,10-11H2,1H3,(H,19,24). The smallest absolute Gasteiger partial charge is 0.225 e. The second kappa shape index (κ2) is 7.89. The van der Waals surface area contributed by atoms with E-state index in [0.29, 0.717) is 23.0 Å². The predicted octanol–water partition coefficient (Wildman–Crippen LogP) is 3.23. The summed E-state index contributed by atoms with van der Waals surface area (Å²) in [5.41, 5.74) is 2.54. The van der Waals surface area contributed by atoms with Crippen LogP contribution in [-0.2, 0) is 4.79 Å². The van der Waals surface area contributed by atoms with Crippen LogP contribution < -0.4 is 5.32 Å². The number of aryl methyl sites for hydroxylation is 1. The van der Waals surface area contributed by atoms with Gasteiger partial charge in [-0.15, -0.1) is 5.10 Å². The Hall–Kier alpha value is -2.74. The fourth-order valence-corrected chi connectivity index (χ4v) is 3.03. The van der Waals surface area contributed by atoms with Gasteiger partial charge in [-0.05, 0) is 53.2 Å². The summed E-state index contributed by atoms with van der Waals surface area (Å²) in [5.74, 6) is 0.0462. The Kier molecular flexibility index (Phi) is 5.39. The van der Waals surface area contributed by atoms with Gasteiger partial charge in [0.25, 0.3) is 0 Å². The average Bonchev–Trinajstić information content (AvgIpc) is 3.06. The second-order valence-electron chi connectivity index (χ2n) is 5.31. The van der Waals surface area contributed by atoms with Crippen molar-refractivity contribution in [3.63, 3.8) is 0 Å². The molecule has 0 aliphatic rings. The lowest BCUT2D eigenvalue weighted by Crippen LogP contribution is -2.12. The van der Waals surface area contributed by atoms with Crippen molar-refractivity contribution >= 4 is 23.4 Å². The molecular formula is C17H16FN5OS. The normalized spacial score (nSPS) is 10.6. The molecular weight excluding hydrogens is 341 g/mol. The van der Waals surface area contributed by atoms with Crippen molar-refractivity contribution in [1.29, 1.82) is 0 Å². The maximum atomic E-state index is 12.9. The summed E-state index contributed by atoms with van der Waals surface area (Å²) >= 11 is 1.40. The van der Waals surface area contributed by atoms with Gasteiger partial charge in [0.1, 0.15) is 5.82 Å². The number of nitrogens with zero attached hydrogens (tertiary/aromatic N) is 4. The number of carbonyl (C=O) groups is 1. The highest BCUT2D eigenvalue weighted by Crippen LogP contribution is 2.21. The third-order valence-corrected chi connectivity index (χ3v) is 4.39. The van der Waals surface area contributed by atoms with Crippen LogP contribution in [0.5, 0.6) is 0 Å². The van der Waals surface area contributed by atoms with E-state index in [0.717, 1.165) is 11.3 Å². The van der Waals surface area contributed by atoms with E-state index >= 15 is 0 Å². The van der Waals surface area contributed by atoms with Crippen LogP contribution in [0.25, 0.3) is 5.69 Å². The Labute approximate surface area is 148 Å².